The van der Waals surface area contributed by atoms with Crippen molar-refractivity contribution in [3.63, 3.8) is 0 Å². The van der Waals surface area contributed by atoms with E-state index in [1.807, 2.05) is 0 Å². The minimum Gasteiger partial charge on any atom is -0.460 e. The molecule has 0 unspecified atom stereocenters. The molecule has 0 spiro atoms. The molecule has 0 saturated heterocycles. The Labute approximate surface area is 140 Å². The van der Waals surface area contributed by atoms with Gasteiger partial charge in [-0.2, -0.15) is 0 Å². The van der Waals surface area contributed by atoms with Crippen LogP contribution in [-0.4, -0.2) is 27.1 Å². The predicted molar refractivity (Wildman–Crippen MR) is 86.3 cm³/mol. The molecule has 0 aliphatic rings. The molecule has 9 heteroatoms. The Morgan fingerprint density at radius 1 is 1.28 bits per heavy atom. The SMILES string of the molecule is O=C(OCCCn1cnc2ccccc2c1=O)c1ccc([N+](=O)[O-])o1. The van der Waals surface area contributed by atoms with Gasteiger partial charge in [0.2, 0.25) is 5.76 Å². The van der Waals surface area contributed by atoms with Gasteiger partial charge < -0.3 is 9.15 Å². The fourth-order valence-corrected chi connectivity index (χ4v) is 2.27. The summed E-state index contributed by atoms with van der Waals surface area (Å²) in [5.41, 5.74) is 0.452. The summed E-state index contributed by atoms with van der Waals surface area (Å²) < 4.78 is 11.2. The number of para-hydroxylation sites is 1. The van der Waals surface area contributed by atoms with Gasteiger partial charge in [0.05, 0.1) is 29.9 Å². The van der Waals surface area contributed by atoms with Gasteiger partial charge in [-0.05, 0) is 24.6 Å². The van der Waals surface area contributed by atoms with Gasteiger partial charge in [-0.25, -0.2) is 9.78 Å². The van der Waals surface area contributed by atoms with E-state index in [4.69, 9.17) is 9.15 Å². The number of carbonyl (C=O) groups is 1. The summed E-state index contributed by atoms with van der Waals surface area (Å²) in [6, 6.07) is 9.28. The van der Waals surface area contributed by atoms with Gasteiger partial charge in [-0.3, -0.25) is 19.5 Å². The van der Waals surface area contributed by atoms with Gasteiger partial charge >= 0.3 is 11.9 Å². The standard InChI is InChI=1S/C16H13N3O6/c20-15-11-4-1-2-5-12(11)17-10-18(15)8-3-9-24-16(21)13-6-7-14(25-13)19(22)23/h1-2,4-7,10H,3,8-9H2. The lowest BCUT2D eigenvalue weighted by Gasteiger charge is -2.06. The van der Waals surface area contributed by atoms with E-state index >= 15 is 0 Å². The molecule has 9 nitrogen and oxygen atoms in total. The summed E-state index contributed by atoms with van der Waals surface area (Å²) in [6.07, 6.45) is 1.83. The molecule has 25 heavy (non-hydrogen) atoms. The number of hydrogen-bond acceptors (Lipinski definition) is 7. The number of rotatable bonds is 6. The van der Waals surface area contributed by atoms with Crippen LogP contribution in [-0.2, 0) is 11.3 Å². The van der Waals surface area contributed by atoms with Crippen LogP contribution in [0.2, 0.25) is 0 Å². The van der Waals surface area contributed by atoms with Gasteiger partial charge in [0, 0.05) is 6.54 Å². The van der Waals surface area contributed by atoms with E-state index in [0.29, 0.717) is 23.9 Å². The number of carbonyl (C=O) groups excluding carboxylic acids is 1. The Hall–Kier alpha value is -3.49. The molecule has 0 N–H and O–H groups in total. The number of esters is 1. The van der Waals surface area contributed by atoms with Crippen LogP contribution in [0.1, 0.15) is 17.0 Å². The lowest BCUT2D eigenvalue weighted by Crippen LogP contribution is -2.21. The Bertz CT molecular complexity index is 991. The van der Waals surface area contributed by atoms with Crippen LogP contribution in [0.4, 0.5) is 5.88 Å². The lowest BCUT2D eigenvalue weighted by atomic mass is 10.2. The number of nitrogens with zero attached hydrogens (tertiary/aromatic N) is 3. The maximum Gasteiger partial charge on any atom is 0.433 e. The van der Waals surface area contributed by atoms with Crippen molar-refractivity contribution < 1.29 is 18.9 Å². The molecule has 0 bridgehead atoms. The Kier molecular flexibility index (Phi) is 4.55. The summed E-state index contributed by atoms with van der Waals surface area (Å²) in [4.78, 5) is 38.0. The average molecular weight is 343 g/mol. The third-order valence-electron chi connectivity index (χ3n) is 3.48. The smallest absolute Gasteiger partial charge is 0.433 e. The minimum absolute atomic E-state index is 0.0343. The van der Waals surface area contributed by atoms with E-state index in [1.165, 1.54) is 17.0 Å². The Morgan fingerprint density at radius 3 is 2.84 bits per heavy atom. The van der Waals surface area contributed by atoms with E-state index in [-0.39, 0.29) is 17.9 Å². The Balaban J connectivity index is 1.56. The third kappa shape index (κ3) is 3.55. The van der Waals surface area contributed by atoms with E-state index in [2.05, 4.69) is 4.98 Å². The summed E-state index contributed by atoms with van der Waals surface area (Å²) in [7, 11) is 0. The third-order valence-corrected chi connectivity index (χ3v) is 3.48. The fraction of sp³-hybridized carbons (Fsp3) is 0.188. The number of benzene rings is 1. The van der Waals surface area contributed by atoms with E-state index in [0.717, 1.165) is 6.07 Å². The van der Waals surface area contributed by atoms with Crippen LogP contribution in [0.3, 0.4) is 0 Å². The monoisotopic (exact) mass is 343 g/mol. The molecule has 0 atom stereocenters. The van der Waals surface area contributed by atoms with Gasteiger partial charge in [-0.1, -0.05) is 12.1 Å². The second-order valence-electron chi connectivity index (χ2n) is 5.14. The quantitative estimate of drug-likeness (QED) is 0.291. The number of aryl methyl sites for hydroxylation is 1. The largest absolute Gasteiger partial charge is 0.460 e. The summed E-state index contributed by atoms with van der Waals surface area (Å²) in [5, 5.41) is 11.0. The average Bonchev–Trinajstić information content (AvgIpc) is 3.11. The van der Waals surface area contributed by atoms with E-state index in [1.54, 1.807) is 24.3 Å². The molecule has 2 heterocycles. The van der Waals surface area contributed by atoms with Crippen LogP contribution in [0.15, 0.2) is 51.9 Å². The highest BCUT2D eigenvalue weighted by Gasteiger charge is 2.18. The molecule has 3 aromatic rings. The summed E-state index contributed by atoms with van der Waals surface area (Å²) in [6.45, 7) is 0.356. The number of furan rings is 1. The van der Waals surface area contributed by atoms with Crippen molar-refractivity contribution in [1.82, 2.24) is 9.55 Å². The highest BCUT2D eigenvalue weighted by Crippen LogP contribution is 2.16. The first-order valence-electron chi connectivity index (χ1n) is 7.42. The molecule has 0 fully saturated rings. The van der Waals surface area contributed by atoms with Crippen molar-refractivity contribution in [2.75, 3.05) is 6.61 Å². The van der Waals surface area contributed by atoms with Crippen molar-refractivity contribution in [1.29, 1.82) is 0 Å². The van der Waals surface area contributed by atoms with Gasteiger partial charge in [0.25, 0.3) is 5.56 Å². The first-order valence-corrected chi connectivity index (χ1v) is 7.42. The van der Waals surface area contributed by atoms with Crippen LogP contribution in [0.25, 0.3) is 10.9 Å². The van der Waals surface area contributed by atoms with Crippen LogP contribution < -0.4 is 5.56 Å². The Morgan fingerprint density at radius 2 is 2.08 bits per heavy atom. The minimum atomic E-state index is -0.794. The van der Waals surface area contributed by atoms with Gasteiger partial charge in [0.15, 0.2) is 0 Å². The zero-order chi connectivity index (χ0) is 17.8. The zero-order valence-electron chi connectivity index (χ0n) is 13.0. The molecule has 0 amide bonds. The van der Waals surface area contributed by atoms with Crippen molar-refractivity contribution in [2.45, 2.75) is 13.0 Å². The second kappa shape index (κ2) is 6.95. The van der Waals surface area contributed by atoms with Crippen LogP contribution in [0, 0.1) is 10.1 Å². The summed E-state index contributed by atoms with van der Waals surface area (Å²) >= 11 is 0. The molecule has 1 aromatic carbocycles. The first kappa shape index (κ1) is 16.4. The number of nitro groups is 1. The van der Waals surface area contributed by atoms with Crippen molar-refractivity contribution >= 4 is 22.8 Å². The number of hydrogen-bond donors (Lipinski definition) is 0. The van der Waals surface area contributed by atoms with Crippen LogP contribution in [0.5, 0.6) is 0 Å². The molecule has 0 aliphatic heterocycles. The van der Waals surface area contributed by atoms with Crippen molar-refractivity contribution in [3.05, 3.63) is 69.0 Å². The first-order chi connectivity index (χ1) is 12.1. The van der Waals surface area contributed by atoms with Crippen molar-refractivity contribution in [2.24, 2.45) is 0 Å². The van der Waals surface area contributed by atoms with E-state index < -0.39 is 16.8 Å². The molecular weight excluding hydrogens is 330 g/mol. The fourth-order valence-electron chi connectivity index (χ4n) is 2.27. The van der Waals surface area contributed by atoms with E-state index in [9.17, 15) is 19.7 Å². The van der Waals surface area contributed by atoms with Gasteiger partial charge in [0.1, 0.15) is 4.92 Å². The predicted octanol–water partition coefficient (Wildman–Crippen LogP) is 2.14. The zero-order valence-corrected chi connectivity index (χ0v) is 13.0. The maximum absolute atomic E-state index is 12.3. The summed E-state index contributed by atoms with van der Waals surface area (Å²) in [5.74, 6) is -1.56. The maximum atomic E-state index is 12.3. The molecule has 0 aliphatic carbocycles. The number of aromatic nitrogens is 2. The highest BCUT2D eigenvalue weighted by atomic mass is 16.7. The second-order valence-corrected chi connectivity index (χ2v) is 5.14. The highest BCUT2D eigenvalue weighted by molar-refractivity contribution is 5.86. The normalized spacial score (nSPS) is 10.7. The number of ether oxygens (including phenoxy) is 1. The molecular formula is C16H13N3O6. The molecule has 0 saturated carbocycles. The van der Waals surface area contributed by atoms with Crippen LogP contribution >= 0.6 is 0 Å². The topological polar surface area (TPSA) is 117 Å². The molecule has 2 aromatic heterocycles. The molecule has 128 valence electrons. The molecule has 0 radical (unpaired) electrons. The van der Waals surface area contributed by atoms with Gasteiger partial charge in [-0.15, -0.1) is 0 Å². The lowest BCUT2D eigenvalue weighted by molar-refractivity contribution is -0.402. The number of fused-ring (bicyclic) bond motifs is 1. The molecule has 3 rings (SSSR count). The van der Waals surface area contributed by atoms with Crippen molar-refractivity contribution in [3.8, 4) is 0 Å².